The van der Waals surface area contributed by atoms with Gasteiger partial charge in [0, 0.05) is 35.4 Å². The maximum absolute atomic E-state index is 13.4. The van der Waals surface area contributed by atoms with Crippen molar-refractivity contribution in [3.8, 4) is 11.3 Å². The summed E-state index contributed by atoms with van der Waals surface area (Å²) in [6, 6.07) is 13.4. The van der Waals surface area contributed by atoms with Gasteiger partial charge in [0.2, 0.25) is 0 Å². The molecule has 0 fully saturated rings. The Morgan fingerprint density at radius 3 is 2.60 bits per heavy atom. The minimum atomic E-state index is -1.93. The number of nitrogens with zero attached hydrogens (tertiary/aromatic N) is 3. The average Bonchev–Trinajstić information content (AvgIpc) is 2.86. The number of aromatic nitrogens is 2. The topological polar surface area (TPSA) is 84.5 Å². The van der Waals surface area contributed by atoms with Gasteiger partial charge < -0.3 is 4.55 Å². The predicted octanol–water partition coefficient (Wildman–Crippen LogP) is 3.09. The molecule has 1 aliphatic rings. The summed E-state index contributed by atoms with van der Waals surface area (Å²) in [4.78, 5) is 16.9. The number of hydrogen-bond donors (Lipinski definition) is 1. The fourth-order valence-electron chi connectivity index (χ4n) is 3.55. The lowest BCUT2D eigenvalue weighted by atomic mass is 9.92. The zero-order valence-electron chi connectivity index (χ0n) is 16.5. The van der Waals surface area contributed by atoms with Crippen LogP contribution >= 0.6 is 0 Å². The zero-order chi connectivity index (χ0) is 21.4. The quantitative estimate of drug-likeness (QED) is 0.651. The van der Waals surface area contributed by atoms with Crippen molar-refractivity contribution in [1.29, 1.82) is 0 Å². The average molecular weight is 425 g/mol. The van der Waals surface area contributed by atoms with Gasteiger partial charge in [-0.15, -0.1) is 0 Å². The molecule has 3 aromatic rings. The monoisotopic (exact) mass is 425 g/mol. The van der Waals surface area contributed by atoms with Crippen molar-refractivity contribution in [2.45, 2.75) is 25.1 Å². The highest BCUT2D eigenvalue weighted by Crippen LogP contribution is 2.32. The van der Waals surface area contributed by atoms with Gasteiger partial charge in [0.25, 0.3) is 5.56 Å². The van der Waals surface area contributed by atoms with Crippen LogP contribution in [-0.4, -0.2) is 29.5 Å². The van der Waals surface area contributed by atoms with E-state index in [9.17, 15) is 17.9 Å². The minimum absolute atomic E-state index is 0.226. The van der Waals surface area contributed by atoms with Crippen LogP contribution in [0.15, 0.2) is 58.3 Å². The van der Waals surface area contributed by atoms with Gasteiger partial charge in [-0.1, -0.05) is 12.1 Å². The molecule has 2 aromatic carbocycles. The van der Waals surface area contributed by atoms with Crippen LogP contribution in [0, 0.1) is 5.82 Å². The summed E-state index contributed by atoms with van der Waals surface area (Å²) < 4.78 is 35.5. The van der Waals surface area contributed by atoms with E-state index in [2.05, 4.69) is 5.10 Å². The number of aliphatic imine (C=N–C) groups is 1. The molecule has 0 aliphatic carbocycles. The molecule has 0 radical (unpaired) electrons. The van der Waals surface area contributed by atoms with Gasteiger partial charge in [-0.3, -0.25) is 9.79 Å². The van der Waals surface area contributed by atoms with Gasteiger partial charge in [0.15, 0.2) is 11.1 Å². The van der Waals surface area contributed by atoms with Crippen LogP contribution in [-0.2, 0) is 31.1 Å². The molecule has 2 atom stereocenters. The summed E-state index contributed by atoms with van der Waals surface area (Å²) in [5.74, 6) is -0.331. The largest absolute Gasteiger partial charge is 0.306 e. The standard InChI is InChI=1S/C22H20FN3O3S/c1-13(30(28)29)9-14-3-8-18-19(10-14)22-16(11-20(27)26(2)25-22)12-24-21(18)15-4-6-17(23)7-5-15/h3-8,10-11,13H,9,12H2,1-2H3,(H,28,29). The fourth-order valence-corrected chi connectivity index (χ4v) is 3.88. The first-order chi connectivity index (χ1) is 14.3. The van der Waals surface area contributed by atoms with Crippen molar-refractivity contribution >= 4 is 16.8 Å². The van der Waals surface area contributed by atoms with Gasteiger partial charge in [0.1, 0.15) is 5.82 Å². The second kappa shape index (κ2) is 8.04. The van der Waals surface area contributed by atoms with E-state index in [1.165, 1.54) is 22.9 Å². The molecule has 6 nitrogen and oxygen atoms in total. The van der Waals surface area contributed by atoms with Crippen LogP contribution in [0.1, 0.15) is 29.2 Å². The Kier molecular flexibility index (Phi) is 5.44. The highest BCUT2D eigenvalue weighted by atomic mass is 32.2. The van der Waals surface area contributed by atoms with Gasteiger partial charge in [-0.05, 0) is 49.2 Å². The molecule has 0 saturated heterocycles. The van der Waals surface area contributed by atoms with Crippen molar-refractivity contribution in [1.82, 2.24) is 9.78 Å². The summed E-state index contributed by atoms with van der Waals surface area (Å²) in [5, 5.41) is 4.05. The van der Waals surface area contributed by atoms with Crippen molar-refractivity contribution in [3.05, 3.63) is 87.0 Å². The van der Waals surface area contributed by atoms with Crippen LogP contribution in [0.4, 0.5) is 4.39 Å². The third-order valence-electron chi connectivity index (χ3n) is 5.16. The number of hydrogen-bond acceptors (Lipinski definition) is 4. The lowest BCUT2D eigenvalue weighted by Crippen LogP contribution is -2.20. The van der Waals surface area contributed by atoms with Gasteiger partial charge in [0.05, 0.1) is 23.2 Å². The third kappa shape index (κ3) is 3.88. The molecule has 4 rings (SSSR count). The van der Waals surface area contributed by atoms with E-state index in [-0.39, 0.29) is 17.9 Å². The second-order valence-corrected chi connectivity index (χ2v) is 8.68. The van der Waals surface area contributed by atoms with Crippen molar-refractivity contribution in [3.63, 3.8) is 0 Å². The lowest BCUT2D eigenvalue weighted by Gasteiger charge is -2.14. The van der Waals surface area contributed by atoms with E-state index in [1.807, 2.05) is 18.2 Å². The number of aryl methyl sites for hydroxylation is 1. The molecular formula is C22H20FN3O3S. The van der Waals surface area contributed by atoms with Crippen LogP contribution in [0.25, 0.3) is 11.3 Å². The molecule has 30 heavy (non-hydrogen) atoms. The number of halogens is 1. The van der Waals surface area contributed by atoms with E-state index in [0.717, 1.165) is 22.3 Å². The van der Waals surface area contributed by atoms with Crippen molar-refractivity contribution in [2.75, 3.05) is 0 Å². The van der Waals surface area contributed by atoms with Crippen molar-refractivity contribution < 1.29 is 13.2 Å². The Morgan fingerprint density at radius 2 is 1.90 bits per heavy atom. The van der Waals surface area contributed by atoms with Crippen LogP contribution in [0.2, 0.25) is 0 Å². The summed E-state index contributed by atoms with van der Waals surface area (Å²) >= 11 is -1.93. The van der Waals surface area contributed by atoms with E-state index in [4.69, 9.17) is 4.99 Å². The summed E-state index contributed by atoms with van der Waals surface area (Å²) in [5.41, 5.74) is 5.04. The maximum atomic E-state index is 13.4. The SMILES string of the molecule is CC(Cc1ccc2c(c1)-c1nn(C)c(=O)cc1CN=C2c1ccc(F)cc1)S(=O)O. The van der Waals surface area contributed by atoms with Crippen LogP contribution in [0.5, 0.6) is 0 Å². The molecule has 1 aliphatic heterocycles. The number of fused-ring (bicyclic) bond motifs is 3. The first-order valence-corrected chi connectivity index (χ1v) is 10.6. The van der Waals surface area contributed by atoms with Gasteiger partial charge >= 0.3 is 0 Å². The molecule has 0 bridgehead atoms. The zero-order valence-corrected chi connectivity index (χ0v) is 17.3. The van der Waals surface area contributed by atoms with Gasteiger partial charge in [-0.2, -0.15) is 5.10 Å². The third-order valence-corrected chi connectivity index (χ3v) is 6.01. The molecule has 154 valence electrons. The summed E-state index contributed by atoms with van der Waals surface area (Å²) in [7, 11) is 1.59. The molecule has 8 heteroatoms. The minimum Gasteiger partial charge on any atom is -0.306 e. The Hall–Kier alpha value is -2.97. The Labute approximate surface area is 175 Å². The normalized spacial score (nSPS) is 14.9. The predicted molar refractivity (Wildman–Crippen MR) is 115 cm³/mol. The Bertz CT molecular complexity index is 1240. The van der Waals surface area contributed by atoms with E-state index < -0.39 is 16.3 Å². The highest BCUT2D eigenvalue weighted by molar-refractivity contribution is 7.79. The molecule has 0 amide bonds. The van der Waals surface area contributed by atoms with Gasteiger partial charge in [-0.25, -0.2) is 13.3 Å². The van der Waals surface area contributed by atoms with Crippen LogP contribution in [0.3, 0.4) is 0 Å². The first-order valence-electron chi connectivity index (χ1n) is 9.44. The summed E-state index contributed by atoms with van der Waals surface area (Å²) in [6.07, 6.45) is 0.417. The van der Waals surface area contributed by atoms with Crippen LogP contribution < -0.4 is 5.56 Å². The molecule has 0 spiro atoms. The fraction of sp³-hybridized carbons (Fsp3) is 0.227. The molecule has 0 saturated carbocycles. The van der Waals surface area contributed by atoms with Crippen molar-refractivity contribution in [2.24, 2.45) is 12.0 Å². The molecule has 2 unspecified atom stereocenters. The highest BCUT2D eigenvalue weighted by Gasteiger charge is 2.22. The molecular weight excluding hydrogens is 405 g/mol. The maximum Gasteiger partial charge on any atom is 0.266 e. The second-order valence-electron chi connectivity index (χ2n) is 7.32. The van der Waals surface area contributed by atoms with E-state index in [1.54, 1.807) is 26.1 Å². The molecule has 2 heterocycles. The smallest absolute Gasteiger partial charge is 0.266 e. The van der Waals surface area contributed by atoms with E-state index in [0.29, 0.717) is 23.4 Å². The molecule has 1 N–H and O–H groups in total. The Balaban J connectivity index is 1.92. The first kappa shape index (κ1) is 20.3. The Morgan fingerprint density at radius 1 is 1.17 bits per heavy atom. The van der Waals surface area contributed by atoms with E-state index >= 15 is 0 Å². The number of benzene rings is 2. The molecule has 1 aromatic heterocycles. The number of rotatable bonds is 4. The lowest BCUT2D eigenvalue weighted by molar-refractivity contribution is 0.550. The summed E-state index contributed by atoms with van der Waals surface area (Å²) in [6.45, 7) is 1.98.